The first-order valence-electron chi connectivity index (χ1n) is 4.24. The van der Waals surface area contributed by atoms with Crippen molar-refractivity contribution < 1.29 is 13.2 Å². The highest BCUT2D eigenvalue weighted by molar-refractivity contribution is 4.88. The first kappa shape index (κ1) is 9.84. The second-order valence-corrected chi connectivity index (χ2v) is 3.67. The predicted molar refractivity (Wildman–Crippen MR) is 40.6 cm³/mol. The lowest BCUT2D eigenvalue weighted by Gasteiger charge is -2.41. The quantitative estimate of drug-likeness (QED) is 0.711. The summed E-state index contributed by atoms with van der Waals surface area (Å²) in [5.41, 5.74) is 5.26. The molecule has 4 heteroatoms. The average Bonchev–Trinajstić information content (AvgIpc) is 1.84. The van der Waals surface area contributed by atoms with Crippen molar-refractivity contribution in [3.05, 3.63) is 0 Å². The van der Waals surface area contributed by atoms with Crippen LogP contribution in [-0.2, 0) is 0 Å². The van der Waals surface area contributed by atoms with Gasteiger partial charge in [-0.15, -0.1) is 0 Å². The average molecular weight is 181 g/mol. The second-order valence-electron chi connectivity index (χ2n) is 3.67. The van der Waals surface area contributed by atoms with E-state index in [-0.39, 0.29) is 11.8 Å². The van der Waals surface area contributed by atoms with Crippen molar-refractivity contribution in [1.82, 2.24) is 0 Å². The summed E-state index contributed by atoms with van der Waals surface area (Å²) in [6.07, 6.45) is -1.69. The molecule has 2 N–H and O–H groups in total. The lowest BCUT2D eigenvalue weighted by Crippen LogP contribution is -2.38. The Kier molecular flexibility index (Phi) is 2.66. The largest absolute Gasteiger partial charge is 0.389 e. The predicted octanol–water partition coefficient (Wildman–Crippen LogP) is 2.46. The van der Waals surface area contributed by atoms with E-state index >= 15 is 0 Å². The van der Waals surface area contributed by atoms with Crippen LogP contribution in [0.1, 0.15) is 32.1 Å². The second kappa shape index (κ2) is 3.24. The number of hydrogen-bond acceptors (Lipinski definition) is 1. The number of hydrogen-bond donors (Lipinski definition) is 1. The highest BCUT2D eigenvalue weighted by Crippen LogP contribution is 2.45. The van der Waals surface area contributed by atoms with E-state index in [4.69, 9.17) is 5.73 Å². The number of alkyl halides is 3. The molecule has 0 radical (unpaired) electrons. The first-order chi connectivity index (χ1) is 5.47. The molecule has 0 heterocycles. The molecule has 1 saturated carbocycles. The van der Waals surface area contributed by atoms with Crippen LogP contribution < -0.4 is 5.73 Å². The molecule has 1 rings (SSSR count). The Labute approximate surface area is 70.1 Å². The first-order valence-corrected chi connectivity index (χ1v) is 4.24. The molecule has 0 aliphatic heterocycles. The Morgan fingerprint density at radius 1 is 1.25 bits per heavy atom. The van der Waals surface area contributed by atoms with Crippen molar-refractivity contribution in [1.29, 1.82) is 0 Å². The van der Waals surface area contributed by atoms with Gasteiger partial charge in [-0.25, -0.2) is 0 Å². The van der Waals surface area contributed by atoms with Crippen LogP contribution in [0.15, 0.2) is 0 Å². The Morgan fingerprint density at radius 3 is 2.08 bits per heavy atom. The number of halogens is 3. The molecule has 0 unspecified atom stereocenters. The van der Waals surface area contributed by atoms with Gasteiger partial charge < -0.3 is 5.73 Å². The molecule has 12 heavy (non-hydrogen) atoms. The topological polar surface area (TPSA) is 26.0 Å². The molecule has 1 aliphatic rings. The van der Waals surface area contributed by atoms with Crippen LogP contribution in [0, 0.1) is 5.41 Å². The van der Waals surface area contributed by atoms with Crippen LogP contribution in [-0.4, -0.2) is 12.7 Å². The van der Waals surface area contributed by atoms with Crippen molar-refractivity contribution in [3.8, 4) is 0 Å². The highest BCUT2D eigenvalue weighted by Gasteiger charge is 2.39. The minimum absolute atomic E-state index is 0.171. The van der Waals surface area contributed by atoms with Gasteiger partial charge in [-0.1, -0.05) is 6.42 Å². The minimum Gasteiger partial charge on any atom is -0.330 e. The van der Waals surface area contributed by atoms with Gasteiger partial charge in [0, 0.05) is 6.42 Å². The van der Waals surface area contributed by atoms with Gasteiger partial charge in [0.15, 0.2) is 0 Å². The summed E-state index contributed by atoms with van der Waals surface area (Å²) in [4.78, 5) is 0. The zero-order valence-electron chi connectivity index (χ0n) is 6.95. The molecular formula is C8H14F3N. The lowest BCUT2D eigenvalue weighted by atomic mass is 9.66. The molecule has 0 amide bonds. The molecule has 0 spiro atoms. The highest BCUT2D eigenvalue weighted by atomic mass is 19.4. The standard InChI is InChI=1S/C8H14F3N/c9-8(10,11)5-4-7(6-12)2-1-3-7/h1-6,12H2. The molecule has 72 valence electrons. The maximum absolute atomic E-state index is 11.8. The van der Waals surface area contributed by atoms with Gasteiger partial charge in [-0.2, -0.15) is 13.2 Å². The monoisotopic (exact) mass is 181 g/mol. The van der Waals surface area contributed by atoms with Crippen LogP contribution in [0.4, 0.5) is 13.2 Å². The van der Waals surface area contributed by atoms with Gasteiger partial charge >= 0.3 is 6.18 Å². The summed E-state index contributed by atoms with van der Waals surface area (Å²) >= 11 is 0. The molecule has 0 saturated heterocycles. The zero-order valence-corrected chi connectivity index (χ0v) is 6.95. The summed E-state index contributed by atoms with van der Waals surface area (Å²) in [6.45, 7) is 0.406. The normalized spacial score (nSPS) is 22.0. The van der Waals surface area contributed by atoms with Crippen LogP contribution in [0.3, 0.4) is 0 Å². The molecule has 0 atom stereocenters. The molecule has 0 aromatic heterocycles. The van der Waals surface area contributed by atoms with Crippen LogP contribution in [0.5, 0.6) is 0 Å². The van der Waals surface area contributed by atoms with Gasteiger partial charge in [0.1, 0.15) is 0 Å². The molecule has 1 fully saturated rings. The maximum atomic E-state index is 11.8. The summed E-state index contributed by atoms with van der Waals surface area (Å²) in [5, 5.41) is 0. The van der Waals surface area contributed by atoms with Crippen molar-refractivity contribution in [2.24, 2.45) is 11.1 Å². The Hall–Kier alpha value is -0.250. The zero-order chi connectivity index (χ0) is 9.24. The molecular weight excluding hydrogens is 167 g/mol. The van der Waals surface area contributed by atoms with Crippen molar-refractivity contribution in [3.63, 3.8) is 0 Å². The van der Waals surface area contributed by atoms with Gasteiger partial charge in [-0.3, -0.25) is 0 Å². The van der Waals surface area contributed by atoms with Crippen LogP contribution in [0.2, 0.25) is 0 Å². The summed E-state index contributed by atoms with van der Waals surface area (Å²) in [5.74, 6) is 0. The summed E-state index contributed by atoms with van der Waals surface area (Å²) in [7, 11) is 0. The van der Waals surface area contributed by atoms with Gasteiger partial charge in [0.2, 0.25) is 0 Å². The molecule has 0 aromatic carbocycles. The molecule has 0 aromatic rings. The fourth-order valence-corrected chi connectivity index (χ4v) is 1.64. The summed E-state index contributed by atoms with van der Waals surface area (Å²) in [6, 6.07) is 0. The third kappa shape index (κ3) is 2.37. The van der Waals surface area contributed by atoms with E-state index in [0.29, 0.717) is 6.54 Å². The van der Waals surface area contributed by atoms with Crippen molar-refractivity contribution >= 4 is 0 Å². The van der Waals surface area contributed by atoms with E-state index in [2.05, 4.69) is 0 Å². The Morgan fingerprint density at radius 2 is 1.83 bits per heavy atom. The molecule has 1 nitrogen and oxygen atoms in total. The Balaban J connectivity index is 2.30. The third-order valence-electron chi connectivity index (χ3n) is 2.79. The van der Waals surface area contributed by atoms with E-state index in [0.717, 1.165) is 19.3 Å². The van der Waals surface area contributed by atoms with Crippen molar-refractivity contribution in [2.45, 2.75) is 38.3 Å². The van der Waals surface area contributed by atoms with E-state index in [1.165, 1.54) is 0 Å². The van der Waals surface area contributed by atoms with Gasteiger partial charge in [-0.05, 0) is 31.2 Å². The van der Waals surface area contributed by atoms with E-state index < -0.39 is 12.6 Å². The SMILES string of the molecule is NCC1(CCC(F)(F)F)CCC1. The lowest BCUT2D eigenvalue weighted by molar-refractivity contribution is -0.143. The smallest absolute Gasteiger partial charge is 0.330 e. The minimum atomic E-state index is -4.02. The van der Waals surface area contributed by atoms with E-state index in [1.54, 1.807) is 0 Å². The molecule has 1 aliphatic carbocycles. The fraction of sp³-hybridized carbons (Fsp3) is 1.00. The summed E-state index contributed by atoms with van der Waals surface area (Å²) < 4.78 is 35.5. The van der Waals surface area contributed by atoms with Gasteiger partial charge in [0.25, 0.3) is 0 Å². The fourth-order valence-electron chi connectivity index (χ4n) is 1.64. The number of nitrogens with two attached hydrogens (primary N) is 1. The Bertz CT molecular complexity index is 143. The van der Waals surface area contributed by atoms with Crippen molar-refractivity contribution in [2.75, 3.05) is 6.54 Å². The van der Waals surface area contributed by atoms with Gasteiger partial charge in [0.05, 0.1) is 0 Å². The number of rotatable bonds is 3. The molecule has 0 bridgehead atoms. The van der Waals surface area contributed by atoms with Crippen LogP contribution in [0.25, 0.3) is 0 Å². The van der Waals surface area contributed by atoms with Crippen LogP contribution >= 0.6 is 0 Å². The maximum Gasteiger partial charge on any atom is 0.389 e. The third-order valence-corrected chi connectivity index (χ3v) is 2.79. The van der Waals surface area contributed by atoms with E-state index in [1.807, 2.05) is 0 Å². The van der Waals surface area contributed by atoms with E-state index in [9.17, 15) is 13.2 Å².